The molecule has 1 aromatic rings. The normalized spacial score (nSPS) is 20.3. The standard InChI is InChI=1S/C28H41N3O5/c1-18(2)14-23(30(15-19(3)4)26(33)21-10-8-7-9-11-21)27(34)29-13-12-22-25(29)24(32)16-31(22)28(35)36-17-20(5)6/h7-11,18-20,22-23,25H,12-17H2,1-6H3. The third-order valence-electron chi connectivity index (χ3n) is 6.68. The summed E-state index contributed by atoms with van der Waals surface area (Å²) in [5.41, 5.74) is 0.537. The molecule has 0 spiro atoms. The smallest absolute Gasteiger partial charge is 0.410 e. The summed E-state index contributed by atoms with van der Waals surface area (Å²) in [7, 11) is 0. The van der Waals surface area contributed by atoms with Gasteiger partial charge in [0.05, 0.1) is 19.2 Å². The topological polar surface area (TPSA) is 87.2 Å². The van der Waals surface area contributed by atoms with Gasteiger partial charge in [0.1, 0.15) is 12.1 Å². The van der Waals surface area contributed by atoms with Crippen molar-refractivity contribution >= 4 is 23.7 Å². The van der Waals surface area contributed by atoms with Gasteiger partial charge in [-0.05, 0) is 42.7 Å². The molecule has 198 valence electrons. The fraction of sp³-hybridized carbons (Fsp3) is 0.643. The predicted molar refractivity (Wildman–Crippen MR) is 137 cm³/mol. The Balaban J connectivity index is 1.86. The lowest BCUT2D eigenvalue weighted by Crippen LogP contribution is -2.55. The first-order valence-electron chi connectivity index (χ1n) is 13.1. The molecule has 0 N–H and O–H groups in total. The van der Waals surface area contributed by atoms with E-state index in [1.807, 2.05) is 59.7 Å². The van der Waals surface area contributed by atoms with E-state index < -0.39 is 18.2 Å². The zero-order valence-corrected chi connectivity index (χ0v) is 22.5. The van der Waals surface area contributed by atoms with Crippen LogP contribution < -0.4 is 0 Å². The van der Waals surface area contributed by atoms with Crippen LogP contribution in [-0.2, 0) is 14.3 Å². The van der Waals surface area contributed by atoms with Crippen LogP contribution in [0.1, 0.15) is 64.7 Å². The van der Waals surface area contributed by atoms with Gasteiger partial charge in [0.25, 0.3) is 5.91 Å². The zero-order valence-electron chi connectivity index (χ0n) is 22.5. The number of Topliss-reactive ketones (excluding diaryl/α,β-unsaturated/α-hetero) is 1. The molecule has 3 amide bonds. The Morgan fingerprint density at radius 1 is 0.972 bits per heavy atom. The average Bonchev–Trinajstić information content (AvgIpc) is 3.40. The molecule has 2 fully saturated rings. The van der Waals surface area contributed by atoms with E-state index in [4.69, 9.17) is 4.74 Å². The minimum absolute atomic E-state index is 0.0520. The molecule has 2 aliphatic rings. The van der Waals surface area contributed by atoms with Gasteiger partial charge in [-0.25, -0.2) is 4.79 Å². The lowest BCUT2D eigenvalue weighted by atomic mass is 9.98. The molecule has 0 aliphatic carbocycles. The number of carbonyl (C=O) groups is 4. The zero-order chi connectivity index (χ0) is 26.6. The summed E-state index contributed by atoms with van der Waals surface area (Å²) < 4.78 is 5.38. The second-order valence-electron chi connectivity index (χ2n) is 11.3. The first-order valence-corrected chi connectivity index (χ1v) is 13.1. The molecule has 0 bridgehead atoms. The highest BCUT2D eigenvalue weighted by molar-refractivity contribution is 6.00. The van der Waals surface area contributed by atoms with Gasteiger partial charge >= 0.3 is 6.09 Å². The van der Waals surface area contributed by atoms with Crippen molar-refractivity contribution in [3.63, 3.8) is 0 Å². The van der Waals surface area contributed by atoms with Crippen LogP contribution in [0.25, 0.3) is 0 Å². The molecule has 36 heavy (non-hydrogen) atoms. The van der Waals surface area contributed by atoms with Crippen LogP contribution in [-0.4, -0.2) is 82.8 Å². The number of ketones is 1. The Morgan fingerprint density at radius 2 is 1.64 bits per heavy atom. The second kappa shape index (κ2) is 11.9. The van der Waals surface area contributed by atoms with Crippen LogP contribution in [0.2, 0.25) is 0 Å². The van der Waals surface area contributed by atoms with E-state index in [1.165, 1.54) is 4.90 Å². The maximum absolute atomic E-state index is 14.1. The first kappa shape index (κ1) is 27.7. The van der Waals surface area contributed by atoms with Gasteiger partial charge in [-0.1, -0.05) is 59.7 Å². The number of nitrogens with zero attached hydrogens (tertiary/aromatic N) is 3. The molecule has 0 aromatic heterocycles. The summed E-state index contributed by atoms with van der Waals surface area (Å²) >= 11 is 0. The molecule has 3 rings (SSSR count). The third kappa shape index (κ3) is 6.26. The van der Waals surface area contributed by atoms with E-state index in [1.54, 1.807) is 21.9 Å². The van der Waals surface area contributed by atoms with Gasteiger partial charge in [0, 0.05) is 18.7 Å². The molecule has 1 aromatic carbocycles. The lowest BCUT2D eigenvalue weighted by Gasteiger charge is -2.37. The predicted octanol–water partition coefficient (Wildman–Crippen LogP) is 3.85. The van der Waals surface area contributed by atoms with Crippen molar-refractivity contribution in [2.45, 2.75) is 72.5 Å². The monoisotopic (exact) mass is 499 g/mol. The fourth-order valence-corrected chi connectivity index (χ4v) is 5.13. The molecule has 3 atom stereocenters. The van der Waals surface area contributed by atoms with Crippen LogP contribution in [0.3, 0.4) is 0 Å². The maximum Gasteiger partial charge on any atom is 0.410 e. The number of ether oxygens (including phenoxy) is 1. The summed E-state index contributed by atoms with van der Waals surface area (Å²) in [5, 5.41) is 0. The Kier molecular flexibility index (Phi) is 9.14. The van der Waals surface area contributed by atoms with Crippen LogP contribution in [0.15, 0.2) is 30.3 Å². The number of carbonyl (C=O) groups excluding carboxylic acids is 4. The van der Waals surface area contributed by atoms with Crippen LogP contribution in [0.4, 0.5) is 4.79 Å². The highest BCUT2D eigenvalue weighted by Crippen LogP contribution is 2.32. The summed E-state index contributed by atoms with van der Waals surface area (Å²) in [5.74, 6) is -0.0400. The maximum atomic E-state index is 14.1. The van der Waals surface area contributed by atoms with Crippen LogP contribution in [0, 0.1) is 17.8 Å². The number of benzene rings is 1. The Hall–Kier alpha value is -2.90. The van der Waals surface area contributed by atoms with Crippen molar-refractivity contribution in [1.29, 1.82) is 0 Å². The number of rotatable bonds is 9. The number of likely N-dealkylation sites (tertiary alicyclic amines) is 2. The van der Waals surface area contributed by atoms with E-state index in [9.17, 15) is 19.2 Å². The van der Waals surface area contributed by atoms with Gasteiger partial charge in [-0.3, -0.25) is 19.3 Å². The van der Waals surface area contributed by atoms with Gasteiger partial charge < -0.3 is 14.5 Å². The van der Waals surface area contributed by atoms with Crippen LogP contribution >= 0.6 is 0 Å². The highest BCUT2D eigenvalue weighted by Gasteiger charge is 2.53. The van der Waals surface area contributed by atoms with Crippen LogP contribution in [0.5, 0.6) is 0 Å². The van der Waals surface area contributed by atoms with Crippen molar-refractivity contribution in [1.82, 2.24) is 14.7 Å². The second-order valence-corrected chi connectivity index (χ2v) is 11.3. The molecule has 0 saturated carbocycles. The number of fused-ring (bicyclic) bond motifs is 1. The van der Waals surface area contributed by atoms with Crippen molar-refractivity contribution in [2.24, 2.45) is 17.8 Å². The van der Waals surface area contributed by atoms with E-state index in [-0.39, 0.29) is 54.5 Å². The summed E-state index contributed by atoms with van der Waals surface area (Å²) in [6, 6.07) is 7.25. The summed E-state index contributed by atoms with van der Waals surface area (Å²) in [4.78, 5) is 58.1. The summed E-state index contributed by atoms with van der Waals surface area (Å²) in [6.45, 7) is 13.0. The molecule has 2 aliphatic heterocycles. The molecule has 8 nitrogen and oxygen atoms in total. The van der Waals surface area contributed by atoms with Gasteiger partial charge in [0.15, 0.2) is 5.78 Å². The fourth-order valence-electron chi connectivity index (χ4n) is 5.13. The number of amides is 3. The first-order chi connectivity index (χ1) is 17.0. The third-order valence-corrected chi connectivity index (χ3v) is 6.68. The Morgan fingerprint density at radius 3 is 2.22 bits per heavy atom. The molecular weight excluding hydrogens is 458 g/mol. The van der Waals surface area contributed by atoms with E-state index in [0.29, 0.717) is 31.5 Å². The largest absolute Gasteiger partial charge is 0.449 e. The lowest BCUT2D eigenvalue weighted by molar-refractivity contribution is -0.141. The van der Waals surface area contributed by atoms with Crippen molar-refractivity contribution in [3.05, 3.63) is 35.9 Å². The van der Waals surface area contributed by atoms with Crippen molar-refractivity contribution < 1.29 is 23.9 Å². The SMILES string of the molecule is CC(C)COC(=O)N1CC(=O)C2C1CCN2C(=O)C(CC(C)C)N(CC(C)C)C(=O)c1ccccc1. The van der Waals surface area contributed by atoms with Gasteiger partial charge in [-0.2, -0.15) is 0 Å². The molecule has 8 heteroatoms. The van der Waals surface area contributed by atoms with E-state index in [0.717, 1.165) is 0 Å². The van der Waals surface area contributed by atoms with Crippen molar-refractivity contribution in [2.75, 3.05) is 26.2 Å². The average molecular weight is 500 g/mol. The Bertz CT molecular complexity index is 946. The van der Waals surface area contributed by atoms with E-state index >= 15 is 0 Å². The highest BCUT2D eigenvalue weighted by atomic mass is 16.6. The molecule has 2 heterocycles. The van der Waals surface area contributed by atoms with Crippen molar-refractivity contribution in [3.8, 4) is 0 Å². The molecular formula is C28H41N3O5. The number of hydrogen-bond acceptors (Lipinski definition) is 5. The Labute approximate surface area is 214 Å². The van der Waals surface area contributed by atoms with E-state index in [2.05, 4.69) is 0 Å². The van der Waals surface area contributed by atoms with Gasteiger partial charge in [0.2, 0.25) is 5.91 Å². The molecule has 0 radical (unpaired) electrons. The minimum Gasteiger partial charge on any atom is -0.449 e. The quantitative estimate of drug-likeness (QED) is 0.515. The summed E-state index contributed by atoms with van der Waals surface area (Å²) in [6.07, 6.45) is 0.509. The van der Waals surface area contributed by atoms with Gasteiger partial charge in [-0.15, -0.1) is 0 Å². The number of hydrogen-bond donors (Lipinski definition) is 0. The minimum atomic E-state index is -0.688. The molecule has 2 saturated heterocycles. The molecule has 3 unspecified atom stereocenters.